The lowest BCUT2D eigenvalue weighted by molar-refractivity contribution is -0.385. The van der Waals surface area contributed by atoms with E-state index in [1.54, 1.807) is 24.3 Å². The van der Waals surface area contributed by atoms with Gasteiger partial charge in [0.25, 0.3) is 5.69 Å². The molecule has 12 heteroatoms. The first kappa shape index (κ1) is 30.6. The standard InChI is InChI=1S/C23H23N7O4.C4H10O/c1-2-3-12-34-22(31)19-15-28-23(29-21(19)17-6-4-16(13-24)5-7-17)26-11-10-25-20-9-8-18(14-27-20)30(32)33;1-2-3-4-5/h4-9,14-15H,2-3,10-12H2,1H3,(H,25,27)(H,26,28,29);5H,2-4H2,1H3. The molecular formula is C27H33N7O5. The van der Waals surface area contributed by atoms with E-state index < -0.39 is 10.9 Å². The Labute approximate surface area is 227 Å². The molecule has 3 rings (SSSR count). The average molecular weight is 536 g/mol. The molecule has 3 aromatic rings. The number of nitriles is 1. The van der Waals surface area contributed by atoms with Gasteiger partial charge in [-0.3, -0.25) is 10.1 Å². The van der Waals surface area contributed by atoms with Crippen molar-refractivity contribution in [3.63, 3.8) is 0 Å². The van der Waals surface area contributed by atoms with Gasteiger partial charge in [-0.1, -0.05) is 38.8 Å². The highest BCUT2D eigenvalue weighted by Crippen LogP contribution is 2.24. The van der Waals surface area contributed by atoms with Crippen molar-refractivity contribution >= 4 is 23.4 Å². The van der Waals surface area contributed by atoms with Crippen LogP contribution in [0.25, 0.3) is 11.3 Å². The zero-order chi connectivity index (χ0) is 28.5. The van der Waals surface area contributed by atoms with E-state index in [2.05, 4.69) is 38.6 Å². The number of benzene rings is 1. The van der Waals surface area contributed by atoms with Gasteiger partial charge in [0.05, 0.1) is 28.9 Å². The van der Waals surface area contributed by atoms with Gasteiger partial charge in [0, 0.05) is 37.5 Å². The molecule has 0 aliphatic rings. The van der Waals surface area contributed by atoms with Crippen LogP contribution in [-0.4, -0.2) is 57.3 Å². The highest BCUT2D eigenvalue weighted by molar-refractivity contribution is 5.96. The Balaban J connectivity index is 0.000000976. The van der Waals surface area contributed by atoms with Gasteiger partial charge < -0.3 is 20.5 Å². The number of nitrogens with one attached hydrogen (secondary N) is 2. The molecule has 0 bridgehead atoms. The molecule has 1 aromatic carbocycles. The van der Waals surface area contributed by atoms with Crippen molar-refractivity contribution in [2.24, 2.45) is 0 Å². The maximum absolute atomic E-state index is 12.6. The Morgan fingerprint density at radius 1 is 1.05 bits per heavy atom. The zero-order valence-electron chi connectivity index (χ0n) is 22.1. The Morgan fingerprint density at radius 3 is 2.33 bits per heavy atom. The number of hydrogen-bond acceptors (Lipinski definition) is 11. The Hall–Kier alpha value is -4.63. The minimum Gasteiger partial charge on any atom is -0.462 e. The van der Waals surface area contributed by atoms with Gasteiger partial charge in [-0.05, 0) is 31.0 Å². The molecule has 12 nitrogen and oxygen atoms in total. The van der Waals surface area contributed by atoms with Crippen molar-refractivity contribution in [2.45, 2.75) is 39.5 Å². The molecule has 206 valence electrons. The number of carbonyl (C=O) groups excluding carboxylic acids is 1. The first-order valence-electron chi connectivity index (χ1n) is 12.7. The first-order valence-corrected chi connectivity index (χ1v) is 12.7. The molecule has 2 heterocycles. The van der Waals surface area contributed by atoms with E-state index in [1.165, 1.54) is 24.5 Å². The van der Waals surface area contributed by atoms with E-state index in [1.807, 2.05) is 6.92 Å². The molecule has 0 amide bonds. The molecule has 0 fully saturated rings. The number of hydrogen-bond donors (Lipinski definition) is 3. The topological polar surface area (TPSA) is 176 Å². The SMILES string of the molecule is CCCCO.CCCCOC(=O)c1cnc(NCCNc2ccc([N+](=O)[O-])cn2)nc1-c1ccc(C#N)cc1. The Bertz CT molecular complexity index is 1230. The monoisotopic (exact) mass is 535 g/mol. The Morgan fingerprint density at radius 2 is 1.77 bits per heavy atom. The van der Waals surface area contributed by atoms with Crippen LogP contribution in [0, 0.1) is 21.4 Å². The van der Waals surface area contributed by atoms with E-state index in [4.69, 9.17) is 15.1 Å². The number of ether oxygens (including phenoxy) is 1. The average Bonchev–Trinajstić information content (AvgIpc) is 2.96. The van der Waals surface area contributed by atoms with E-state index in [0.29, 0.717) is 54.9 Å². The molecule has 0 radical (unpaired) electrons. The number of nitrogens with zero attached hydrogens (tertiary/aromatic N) is 5. The van der Waals surface area contributed by atoms with Crippen molar-refractivity contribution in [1.29, 1.82) is 5.26 Å². The van der Waals surface area contributed by atoms with Crippen LogP contribution in [-0.2, 0) is 4.74 Å². The quantitative estimate of drug-likeness (QED) is 0.121. The molecule has 0 aliphatic heterocycles. The predicted molar refractivity (Wildman–Crippen MR) is 147 cm³/mol. The number of unbranched alkanes of at least 4 members (excludes halogenated alkanes) is 2. The number of carbonyl (C=O) groups is 1. The molecule has 0 saturated carbocycles. The van der Waals surface area contributed by atoms with Crippen LogP contribution in [0.2, 0.25) is 0 Å². The molecule has 3 N–H and O–H groups in total. The van der Waals surface area contributed by atoms with Gasteiger partial charge in [-0.25, -0.2) is 19.7 Å². The largest absolute Gasteiger partial charge is 0.462 e. The third-order valence-corrected chi connectivity index (χ3v) is 5.21. The normalized spacial score (nSPS) is 10.0. The lowest BCUT2D eigenvalue weighted by Gasteiger charge is -2.12. The zero-order valence-corrected chi connectivity index (χ0v) is 22.1. The van der Waals surface area contributed by atoms with Gasteiger partial charge in [0.1, 0.15) is 17.6 Å². The van der Waals surface area contributed by atoms with E-state index in [0.717, 1.165) is 25.7 Å². The second-order valence-corrected chi connectivity index (χ2v) is 8.22. The Kier molecular flexibility index (Phi) is 13.3. The highest BCUT2D eigenvalue weighted by Gasteiger charge is 2.18. The second-order valence-electron chi connectivity index (χ2n) is 8.22. The van der Waals surface area contributed by atoms with Gasteiger partial charge in [-0.2, -0.15) is 5.26 Å². The molecule has 0 unspecified atom stereocenters. The third kappa shape index (κ3) is 10.3. The second kappa shape index (κ2) is 17.0. The summed E-state index contributed by atoms with van der Waals surface area (Å²) in [7, 11) is 0. The molecule has 0 saturated heterocycles. The molecular weight excluding hydrogens is 502 g/mol. The predicted octanol–water partition coefficient (Wildman–Crippen LogP) is 4.58. The van der Waals surface area contributed by atoms with E-state index in [9.17, 15) is 14.9 Å². The molecule has 2 aromatic heterocycles. The van der Waals surface area contributed by atoms with Crippen LogP contribution in [0.3, 0.4) is 0 Å². The van der Waals surface area contributed by atoms with Crippen molar-refractivity contribution in [3.8, 4) is 17.3 Å². The van der Waals surface area contributed by atoms with E-state index in [-0.39, 0.29) is 11.3 Å². The number of esters is 1. The fourth-order valence-electron chi connectivity index (χ4n) is 3.05. The molecule has 0 spiro atoms. The van der Waals surface area contributed by atoms with Crippen molar-refractivity contribution in [3.05, 3.63) is 70.0 Å². The van der Waals surface area contributed by atoms with Crippen LogP contribution in [0.5, 0.6) is 0 Å². The smallest absolute Gasteiger partial charge is 0.341 e. The van der Waals surface area contributed by atoms with E-state index >= 15 is 0 Å². The number of aromatic nitrogens is 3. The number of aliphatic hydroxyl groups is 1. The highest BCUT2D eigenvalue weighted by atomic mass is 16.6. The fourth-order valence-corrected chi connectivity index (χ4v) is 3.05. The summed E-state index contributed by atoms with van der Waals surface area (Å²) in [6, 6.07) is 11.7. The minimum absolute atomic E-state index is 0.0827. The number of pyridine rings is 1. The third-order valence-electron chi connectivity index (χ3n) is 5.21. The summed E-state index contributed by atoms with van der Waals surface area (Å²) in [6.45, 7) is 5.58. The molecule has 0 atom stereocenters. The van der Waals surface area contributed by atoms with Gasteiger partial charge >= 0.3 is 5.97 Å². The molecule has 0 aliphatic carbocycles. The van der Waals surface area contributed by atoms with Crippen molar-refractivity contribution < 1.29 is 19.6 Å². The van der Waals surface area contributed by atoms with Gasteiger partial charge in [0.15, 0.2) is 0 Å². The summed E-state index contributed by atoms with van der Waals surface area (Å²) >= 11 is 0. The maximum Gasteiger partial charge on any atom is 0.341 e. The van der Waals surface area contributed by atoms with Gasteiger partial charge in [-0.15, -0.1) is 0 Å². The number of aliphatic hydroxyl groups excluding tert-OH is 1. The summed E-state index contributed by atoms with van der Waals surface area (Å²) in [4.78, 5) is 35.5. The fraction of sp³-hybridized carbons (Fsp3) is 0.370. The maximum atomic E-state index is 12.6. The summed E-state index contributed by atoms with van der Waals surface area (Å²) in [6.07, 6.45) is 6.30. The number of nitro groups is 1. The van der Waals surface area contributed by atoms with Gasteiger partial charge in [0.2, 0.25) is 5.95 Å². The lowest BCUT2D eigenvalue weighted by atomic mass is 10.1. The van der Waals surface area contributed by atoms with Crippen LogP contribution in [0.1, 0.15) is 55.5 Å². The lowest BCUT2D eigenvalue weighted by Crippen LogP contribution is -2.17. The summed E-state index contributed by atoms with van der Waals surface area (Å²) in [5.41, 5.74) is 1.70. The van der Waals surface area contributed by atoms with Crippen LogP contribution in [0.4, 0.5) is 17.5 Å². The summed E-state index contributed by atoms with van der Waals surface area (Å²) in [5, 5.41) is 33.9. The number of anilines is 2. The van der Waals surface area contributed by atoms with Crippen LogP contribution < -0.4 is 10.6 Å². The van der Waals surface area contributed by atoms with Crippen molar-refractivity contribution in [1.82, 2.24) is 15.0 Å². The summed E-state index contributed by atoms with van der Waals surface area (Å²) in [5.74, 6) is 0.296. The first-order chi connectivity index (χ1) is 18.9. The number of rotatable bonds is 13. The summed E-state index contributed by atoms with van der Waals surface area (Å²) < 4.78 is 5.34. The van der Waals surface area contributed by atoms with Crippen molar-refractivity contribution in [2.75, 3.05) is 36.9 Å². The van der Waals surface area contributed by atoms with Crippen LogP contribution >= 0.6 is 0 Å². The van der Waals surface area contributed by atoms with Crippen LogP contribution in [0.15, 0.2) is 48.8 Å². The minimum atomic E-state index is -0.510. The molecule has 39 heavy (non-hydrogen) atoms.